The van der Waals surface area contributed by atoms with Crippen LogP contribution in [0.1, 0.15) is 31.9 Å². The monoisotopic (exact) mass is 331 g/mol. The molecule has 1 heterocycles. The fourth-order valence-corrected chi connectivity index (χ4v) is 4.70. The zero-order valence-electron chi connectivity index (χ0n) is 12.7. The Balaban J connectivity index is 2.44. The summed E-state index contributed by atoms with van der Waals surface area (Å²) in [5.41, 5.74) is 1.43. The molecule has 0 N–H and O–H groups in total. The zero-order chi connectivity index (χ0) is 15.7. The van der Waals surface area contributed by atoms with Crippen LogP contribution in [0.25, 0.3) is 0 Å². The van der Waals surface area contributed by atoms with Gasteiger partial charge in [-0.1, -0.05) is 13.0 Å². The van der Waals surface area contributed by atoms with E-state index in [1.54, 1.807) is 12.1 Å². The minimum absolute atomic E-state index is 0.310. The van der Waals surface area contributed by atoms with Crippen molar-refractivity contribution in [2.75, 3.05) is 19.8 Å². The summed E-state index contributed by atoms with van der Waals surface area (Å²) in [6.45, 7) is 7.00. The van der Waals surface area contributed by atoms with Gasteiger partial charge in [0, 0.05) is 12.4 Å². The Morgan fingerprint density at radius 2 is 2.05 bits per heavy atom. The van der Waals surface area contributed by atoms with Crippen LogP contribution in [0.4, 0.5) is 0 Å². The summed E-state index contributed by atoms with van der Waals surface area (Å²) in [6, 6.07) is 5.24. The second-order valence-corrected chi connectivity index (χ2v) is 7.99. The Labute approximate surface area is 132 Å². The number of hydrogen-bond donors (Lipinski definition) is 0. The second-order valence-electron chi connectivity index (χ2n) is 5.86. The quantitative estimate of drug-likeness (QED) is 0.797. The maximum Gasteiger partial charge on any atom is 0.243 e. The predicted molar refractivity (Wildman–Crippen MR) is 84.2 cm³/mol. The van der Waals surface area contributed by atoms with Crippen molar-refractivity contribution in [3.05, 3.63) is 29.3 Å². The molecule has 1 aliphatic heterocycles. The topological polar surface area (TPSA) is 46.6 Å². The van der Waals surface area contributed by atoms with Gasteiger partial charge >= 0.3 is 0 Å². The fraction of sp³-hybridized carbons (Fsp3) is 0.600. The largest absolute Gasteiger partial charge is 0.378 e. The lowest BCUT2D eigenvalue weighted by Gasteiger charge is -2.40. The first-order valence-corrected chi connectivity index (χ1v) is 9.08. The third-order valence-electron chi connectivity index (χ3n) is 3.86. The summed E-state index contributed by atoms with van der Waals surface area (Å²) < 4.78 is 32.7. The molecule has 0 spiro atoms. The Morgan fingerprint density at radius 3 is 2.62 bits per heavy atom. The van der Waals surface area contributed by atoms with E-state index in [0.29, 0.717) is 30.5 Å². The van der Waals surface area contributed by atoms with Crippen molar-refractivity contribution in [3.8, 4) is 0 Å². The molecule has 118 valence electrons. The molecule has 1 aromatic carbocycles. The SMILES string of the molecule is CCc1ccc(S(=O)(=O)N2CCOCC2(C)C)cc1CCl. The molecule has 0 aliphatic carbocycles. The number of ether oxygens (including phenoxy) is 1. The van der Waals surface area contributed by atoms with Gasteiger partial charge in [0.25, 0.3) is 0 Å². The van der Waals surface area contributed by atoms with E-state index in [-0.39, 0.29) is 0 Å². The molecule has 4 nitrogen and oxygen atoms in total. The highest BCUT2D eigenvalue weighted by Gasteiger charge is 2.39. The van der Waals surface area contributed by atoms with Crippen molar-refractivity contribution in [2.24, 2.45) is 0 Å². The van der Waals surface area contributed by atoms with Crippen LogP contribution in [0.5, 0.6) is 0 Å². The molecule has 0 saturated carbocycles. The smallest absolute Gasteiger partial charge is 0.243 e. The lowest BCUT2D eigenvalue weighted by atomic mass is 10.1. The highest BCUT2D eigenvalue weighted by molar-refractivity contribution is 7.89. The molecule has 0 unspecified atom stereocenters. The average molecular weight is 332 g/mol. The summed E-state index contributed by atoms with van der Waals surface area (Å²) in [6.07, 6.45) is 0.839. The van der Waals surface area contributed by atoms with Crippen LogP contribution in [0.3, 0.4) is 0 Å². The lowest BCUT2D eigenvalue weighted by Crippen LogP contribution is -2.55. The van der Waals surface area contributed by atoms with Crippen LogP contribution in [-0.4, -0.2) is 38.0 Å². The molecular formula is C15H22ClNO3S. The molecule has 1 fully saturated rings. The molecule has 2 rings (SSSR count). The number of aryl methyl sites for hydroxylation is 1. The minimum Gasteiger partial charge on any atom is -0.378 e. The van der Waals surface area contributed by atoms with Crippen molar-refractivity contribution in [1.29, 1.82) is 0 Å². The van der Waals surface area contributed by atoms with Gasteiger partial charge in [-0.05, 0) is 43.5 Å². The van der Waals surface area contributed by atoms with E-state index in [2.05, 4.69) is 0 Å². The predicted octanol–water partition coefficient (Wildman–Crippen LogP) is 2.79. The number of halogens is 1. The number of morpholine rings is 1. The molecule has 6 heteroatoms. The van der Waals surface area contributed by atoms with E-state index in [1.165, 1.54) is 4.31 Å². The van der Waals surface area contributed by atoms with Crippen LogP contribution in [0.2, 0.25) is 0 Å². The number of sulfonamides is 1. The molecule has 0 bridgehead atoms. The van der Waals surface area contributed by atoms with Gasteiger partial charge in [0.05, 0.1) is 23.6 Å². The van der Waals surface area contributed by atoms with E-state index in [9.17, 15) is 8.42 Å². The summed E-state index contributed by atoms with van der Waals surface area (Å²) >= 11 is 5.95. The molecule has 0 atom stereocenters. The zero-order valence-corrected chi connectivity index (χ0v) is 14.3. The molecular weight excluding hydrogens is 310 g/mol. The van der Waals surface area contributed by atoms with Gasteiger partial charge in [-0.2, -0.15) is 4.31 Å². The van der Waals surface area contributed by atoms with Crippen molar-refractivity contribution in [2.45, 2.75) is 43.5 Å². The first kappa shape index (κ1) is 16.7. The van der Waals surface area contributed by atoms with E-state index in [4.69, 9.17) is 16.3 Å². The summed E-state index contributed by atoms with van der Waals surface area (Å²) in [5, 5.41) is 0. The second kappa shape index (κ2) is 6.24. The number of hydrogen-bond acceptors (Lipinski definition) is 3. The molecule has 1 aromatic rings. The van der Waals surface area contributed by atoms with Crippen LogP contribution < -0.4 is 0 Å². The van der Waals surface area contributed by atoms with E-state index >= 15 is 0 Å². The van der Waals surface area contributed by atoms with Crippen molar-refractivity contribution in [3.63, 3.8) is 0 Å². The normalized spacial score (nSPS) is 19.6. The van der Waals surface area contributed by atoms with E-state index in [1.807, 2.05) is 26.8 Å². The van der Waals surface area contributed by atoms with Gasteiger partial charge in [-0.3, -0.25) is 0 Å². The van der Waals surface area contributed by atoms with Gasteiger partial charge in [0.1, 0.15) is 0 Å². The Kier molecular flexibility index (Phi) is 4.98. The number of rotatable bonds is 4. The molecule has 0 radical (unpaired) electrons. The standard InChI is InChI=1S/C15H22ClNO3S/c1-4-12-5-6-14(9-13(12)10-16)21(18,19)17-7-8-20-11-15(17,2)3/h5-6,9H,4,7-8,10-11H2,1-3H3. The van der Waals surface area contributed by atoms with Crippen molar-refractivity contribution in [1.82, 2.24) is 4.31 Å². The summed E-state index contributed by atoms with van der Waals surface area (Å²) in [4.78, 5) is 0.310. The Hall–Kier alpha value is -0.620. The average Bonchev–Trinajstić information content (AvgIpc) is 2.45. The van der Waals surface area contributed by atoms with Gasteiger partial charge in [0.2, 0.25) is 10.0 Å². The van der Waals surface area contributed by atoms with Gasteiger partial charge in [0.15, 0.2) is 0 Å². The fourth-order valence-electron chi connectivity index (χ4n) is 2.65. The van der Waals surface area contributed by atoms with Crippen molar-refractivity contribution < 1.29 is 13.2 Å². The molecule has 21 heavy (non-hydrogen) atoms. The van der Waals surface area contributed by atoms with Gasteiger partial charge < -0.3 is 4.74 Å². The first-order chi connectivity index (χ1) is 9.82. The van der Waals surface area contributed by atoms with E-state index < -0.39 is 15.6 Å². The molecule has 0 amide bonds. The van der Waals surface area contributed by atoms with Gasteiger partial charge in [-0.15, -0.1) is 11.6 Å². The highest BCUT2D eigenvalue weighted by atomic mass is 35.5. The molecule has 1 aliphatic rings. The lowest BCUT2D eigenvalue weighted by molar-refractivity contribution is -0.00771. The highest BCUT2D eigenvalue weighted by Crippen LogP contribution is 2.28. The van der Waals surface area contributed by atoms with Crippen molar-refractivity contribution >= 4 is 21.6 Å². The van der Waals surface area contributed by atoms with Crippen LogP contribution in [0.15, 0.2) is 23.1 Å². The first-order valence-electron chi connectivity index (χ1n) is 7.11. The summed E-state index contributed by atoms with van der Waals surface area (Å²) in [7, 11) is -3.53. The third kappa shape index (κ3) is 3.26. The Morgan fingerprint density at radius 1 is 1.33 bits per heavy atom. The molecule has 1 saturated heterocycles. The van der Waals surface area contributed by atoms with Gasteiger partial charge in [-0.25, -0.2) is 8.42 Å². The summed E-state index contributed by atoms with van der Waals surface area (Å²) in [5.74, 6) is 0.318. The minimum atomic E-state index is -3.53. The number of alkyl halides is 1. The molecule has 0 aromatic heterocycles. The maximum atomic E-state index is 12.9. The third-order valence-corrected chi connectivity index (χ3v) is 6.25. The van der Waals surface area contributed by atoms with Crippen LogP contribution in [0, 0.1) is 0 Å². The number of nitrogens with zero attached hydrogens (tertiary/aromatic N) is 1. The van der Waals surface area contributed by atoms with E-state index in [0.717, 1.165) is 17.5 Å². The van der Waals surface area contributed by atoms with Crippen LogP contribution >= 0.6 is 11.6 Å². The Bertz CT molecular complexity index is 613. The number of benzene rings is 1. The maximum absolute atomic E-state index is 12.9. The van der Waals surface area contributed by atoms with Crippen LogP contribution in [-0.2, 0) is 27.1 Å².